The van der Waals surface area contributed by atoms with Crippen molar-refractivity contribution in [1.82, 2.24) is 0 Å². The van der Waals surface area contributed by atoms with Gasteiger partial charge in [-0.2, -0.15) is 5.26 Å². The standard InChI is InChI=1S/C21H27NOSi/c1-4-24(5-2,6-3)23-21(19-15-11-8-12-16-19)20(17-22)18-13-9-7-10-14-18/h7-16,20-21H,4-6H2,1-3H3. The van der Waals surface area contributed by atoms with E-state index in [0.717, 1.165) is 29.3 Å². The lowest BCUT2D eigenvalue weighted by Crippen LogP contribution is -2.38. The van der Waals surface area contributed by atoms with Crippen LogP contribution in [0.3, 0.4) is 0 Å². The van der Waals surface area contributed by atoms with Crippen LogP contribution in [0.15, 0.2) is 60.7 Å². The fourth-order valence-corrected chi connectivity index (χ4v) is 6.03. The van der Waals surface area contributed by atoms with Crippen molar-refractivity contribution in [3.8, 4) is 6.07 Å². The maximum atomic E-state index is 9.91. The highest BCUT2D eigenvalue weighted by molar-refractivity contribution is 6.73. The van der Waals surface area contributed by atoms with Crippen LogP contribution in [-0.2, 0) is 4.43 Å². The van der Waals surface area contributed by atoms with E-state index in [1.807, 2.05) is 48.5 Å². The maximum Gasteiger partial charge on any atom is 0.192 e. The minimum atomic E-state index is -1.83. The van der Waals surface area contributed by atoms with Crippen LogP contribution in [0.5, 0.6) is 0 Å². The van der Waals surface area contributed by atoms with E-state index >= 15 is 0 Å². The number of hydrogen-bond acceptors (Lipinski definition) is 2. The molecule has 0 aliphatic carbocycles. The van der Waals surface area contributed by atoms with Crippen LogP contribution in [0.2, 0.25) is 18.1 Å². The third kappa shape index (κ3) is 4.14. The summed E-state index contributed by atoms with van der Waals surface area (Å²) >= 11 is 0. The molecule has 3 heteroatoms. The first-order valence-electron chi connectivity index (χ1n) is 8.87. The molecule has 2 nitrogen and oxygen atoms in total. The van der Waals surface area contributed by atoms with Gasteiger partial charge in [0.05, 0.1) is 12.2 Å². The maximum absolute atomic E-state index is 9.91. The average molecular weight is 338 g/mol. The van der Waals surface area contributed by atoms with Gasteiger partial charge in [0.1, 0.15) is 5.92 Å². The van der Waals surface area contributed by atoms with E-state index in [1.54, 1.807) is 0 Å². The van der Waals surface area contributed by atoms with Gasteiger partial charge >= 0.3 is 0 Å². The minimum absolute atomic E-state index is 0.204. The predicted molar refractivity (Wildman–Crippen MR) is 102 cm³/mol. The summed E-state index contributed by atoms with van der Waals surface area (Å²) in [6, 6.07) is 26.0. The van der Waals surface area contributed by atoms with Crippen molar-refractivity contribution in [2.75, 3.05) is 0 Å². The fraction of sp³-hybridized carbons (Fsp3) is 0.381. The molecule has 0 aliphatic rings. The lowest BCUT2D eigenvalue weighted by atomic mass is 9.90. The summed E-state index contributed by atoms with van der Waals surface area (Å²) in [5, 5.41) is 9.91. The third-order valence-electron chi connectivity index (χ3n) is 5.04. The van der Waals surface area contributed by atoms with Gasteiger partial charge in [-0.1, -0.05) is 81.4 Å². The first kappa shape index (κ1) is 18.4. The van der Waals surface area contributed by atoms with E-state index in [2.05, 4.69) is 39.0 Å². The van der Waals surface area contributed by atoms with Gasteiger partial charge in [0, 0.05) is 0 Å². The number of rotatable bonds is 8. The molecule has 24 heavy (non-hydrogen) atoms. The van der Waals surface area contributed by atoms with Gasteiger partial charge in [-0.3, -0.25) is 0 Å². The van der Waals surface area contributed by atoms with E-state index in [1.165, 1.54) is 0 Å². The molecule has 0 heterocycles. The number of nitrogens with zero attached hydrogens (tertiary/aromatic N) is 1. The molecule has 2 atom stereocenters. The van der Waals surface area contributed by atoms with Crippen molar-refractivity contribution in [3.05, 3.63) is 71.8 Å². The Balaban J connectivity index is 2.45. The van der Waals surface area contributed by atoms with E-state index in [9.17, 15) is 5.26 Å². The van der Waals surface area contributed by atoms with Gasteiger partial charge in [-0.05, 0) is 29.3 Å². The number of benzene rings is 2. The van der Waals surface area contributed by atoms with Crippen LogP contribution in [0, 0.1) is 11.3 Å². The molecule has 0 saturated carbocycles. The Labute approximate surface area is 147 Å². The van der Waals surface area contributed by atoms with Crippen molar-refractivity contribution >= 4 is 8.32 Å². The van der Waals surface area contributed by atoms with E-state index in [4.69, 9.17) is 4.43 Å². The van der Waals surface area contributed by atoms with Crippen LogP contribution in [0.1, 0.15) is 43.9 Å². The summed E-state index contributed by atoms with van der Waals surface area (Å²) in [6.45, 7) is 6.68. The van der Waals surface area contributed by atoms with Gasteiger partial charge in [-0.25, -0.2) is 0 Å². The molecular weight excluding hydrogens is 310 g/mol. The van der Waals surface area contributed by atoms with Crippen LogP contribution in [0.4, 0.5) is 0 Å². The van der Waals surface area contributed by atoms with E-state index < -0.39 is 8.32 Å². The Kier molecular flexibility index (Phi) is 6.78. The molecule has 2 aromatic carbocycles. The highest BCUT2D eigenvalue weighted by Gasteiger charge is 2.36. The van der Waals surface area contributed by atoms with Crippen molar-refractivity contribution in [2.45, 2.75) is 50.9 Å². The minimum Gasteiger partial charge on any atom is -0.408 e. The largest absolute Gasteiger partial charge is 0.408 e. The predicted octanol–water partition coefficient (Wildman–Crippen LogP) is 6.06. The Morgan fingerprint density at radius 2 is 1.29 bits per heavy atom. The topological polar surface area (TPSA) is 33.0 Å². The van der Waals surface area contributed by atoms with Gasteiger partial charge < -0.3 is 4.43 Å². The average Bonchev–Trinajstić information content (AvgIpc) is 2.67. The molecule has 0 N–H and O–H groups in total. The normalized spacial score (nSPS) is 13.9. The summed E-state index contributed by atoms with van der Waals surface area (Å²) < 4.78 is 6.80. The molecule has 126 valence electrons. The zero-order valence-electron chi connectivity index (χ0n) is 14.9. The summed E-state index contributed by atoms with van der Waals surface area (Å²) in [6.07, 6.45) is -0.204. The van der Waals surface area contributed by atoms with E-state index in [0.29, 0.717) is 0 Å². The SMILES string of the molecule is CC[Si](CC)(CC)OC(c1ccccc1)C(C#N)c1ccccc1. The molecule has 2 unspecified atom stereocenters. The van der Waals surface area contributed by atoms with Gasteiger partial charge in [0.25, 0.3) is 0 Å². The lowest BCUT2D eigenvalue weighted by Gasteiger charge is -2.35. The molecule has 2 rings (SSSR count). The first-order valence-corrected chi connectivity index (χ1v) is 11.4. The molecule has 0 saturated heterocycles. The van der Waals surface area contributed by atoms with Crippen molar-refractivity contribution in [3.63, 3.8) is 0 Å². The third-order valence-corrected chi connectivity index (χ3v) is 9.66. The Morgan fingerprint density at radius 1 is 0.833 bits per heavy atom. The Morgan fingerprint density at radius 3 is 1.71 bits per heavy atom. The van der Waals surface area contributed by atoms with Crippen molar-refractivity contribution < 1.29 is 4.43 Å². The Bertz CT molecular complexity index is 638. The van der Waals surface area contributed by atoms with Crippen molar-refractivity contribution in [1.29, 1.82) is 5.26 Å². The van der Waals surface area contributed by atoms with Crippen molar-refractivity contribution in [2.24, 2.45) is 0 Å². The van der Waals surface area contributed by atoms with Gasteiger partial charge in [0.2, 0.25) is 0 Å². The van der Waals surface area contributed by atoms with E-state index in [-0.39, 0.29) is 12.0 Å². The summed E-state index contributed by atoms with van der Waals surface area (Å²) in [4.78, 5) is 0. The molecule has 0 aliphatic heterocycles. The van der Waals surface area contributed by atoms with Crippen LogP contribution < -0.4 is 0 Å². The molecule has 0 bridgehead atoms. The molecular formula is C21H27NOSi. The quantitative estimate of drug-likeness (QED) is 0.549. The molecule has 0 aromatic heterocycles. The zero-order chi connectivity index (χ0) is 17.4. The van der Waals surface area contributed by atoms with Gasteiger partial charge in [0.15, 0.2) is 8.32 Å². The monoisotopic (exact) mass is 337 g/mol. The van der Waals surface area contributed by atoms with Crippen LogP contribution in [0.25, 0.3) is 0 Å². The highest BCUT2D eigenvalue weighted by atomic mass is 28.4. The highest BCUT2D eigenvalue weighted by Crippen LogP contribution is 2.38. The summed E-state index contributed by atoms with van der Waals surface area (Å²) in [5.41, 5.74) is 2.13. The first-order chi connectivity index (χ1) is 11.7. The Hall–Kier alpha value is -1.89. The van der Waals surface area contributed by atoms with Gasteiger partial charge in [-0.15, -0.1) is 0 Å². The second kappa shape index (κ2) is 8.82. The number of hydrogen-bond donors (Lipinski definition) is 0. The van der Waals surface area contributed by atoms with Crippen LogP contribution in [-0.4, -0.2) is 8.32 Å². The zero-order valence-corrected chi connectivity index (χ0v) is 15.9. The van der Waals surface area contributed by atoms with Crippen LogP contribution >= 0.6 is 0 Å². The lowest BCUT2D eigenvalue weighted by molar-refractivity contribution is 0.176. The summed E-state index contributed by atoms with van der Waals surface area (Å²) in [5.74, 6) is -0.287. The molecule has 2 aromatic rings. The summed E-state index contributed by atoms with van der Waals surface area (Å²) in [7, 11) is -1.83. The second-order valence-electron chi connectivity index (χ2n) is 6.21. The smallest absolute Gasteiger partial charge is 0.192 e. The molecule has 0 amide bonds. The fourth-order valence-electron chi connectivity index (χ4n) is 3.22. The molecule has 0 fully saturated rings. The molecule has 0 spiro atoms. The second-order valence-corrected chi connectivity index (χ2v) is 10.9. The number of nitriles is 1. The molecule has 0 radical (unpaired) electrons.